The van der Waals surface area contributed by atoms with E-state index in [1.165, 1.54) is 0 Å². The molecule has 1 amide bonds. The molecule has 5 rings (SSSR count). The second-order valence-corrected chi connectivity index (χ2v) is 8.76. The lowest BCUT2D eigenvalue weighted by molar-refractivity contribution is -0.116. The third-order valence-corrected chi connectivity index (χ3v) is 6.17. The Kier molecular flexibility index (Phi) is 5.46. The van der Waals surface area contributed by atoms with E-state index in [1.807, 2.05) is 48.7 Å². The molecule has 0 unspecified atom stereocenters. The Bertz CT molecular complexity index is 1390. The van der Waals surface area contributed by atoms with Crippen LogP contribution in [0.2, 0.25) is 5.02 Å². The highest BCUT2D eigenvalue weighted by Crippen LogP contribution is 2.32. The van der Waals surface area contributed by atoms with E-state index in [4.69, 9.17) is 11.6 Å². The van der Waals surface area contributed by atoms with Crippen LogP contribution in [0.3, 0.4) is 0 Å². The number of anilines is 1. The minimum Gasteiger partial charge on any atom is -0.324 e. The molecule has 32 heavy (non-hydrogen) atoms. The van der Waals surface area contributed by atoms with Crippen molar-refractivity contribution in [1.82, 2.24) is 24.5 Å². The van der Waals surface area contributed by atoms with Crippen LogP contribution < -0.4 is 5.32 Å². The van der Waals surface area contributed by atoms with Gasteiger partial charge in [-0.15, -0.1) is 11.3 Å². The lowest BCUT2D eigenvalue weighted by atomic mass is 10.1. The predicted molar refractivity (Wildman–Crippen MR) is 127 cm³/mol. The molecule has 0 bridgehead atoms. The molecule has 0 fully saturated rings. The monoisotopic (exact) mass is 462 g/mol. The Morgan fingerprint density at radius 3 is 2.75 bits per heavy atom. The van der Waals surface area contributed by atoms with Gasteiger partial charge in [-0.2, -0.15) is 10.2 Å². The van der Waals surface area contributed by atoms with Gasteiger partial charge in [-0.1, -0.05) is 29.8 Å². The van der Waals surface area contributed by atoms with Crippen LogP contribution in [-0.2, 0) is 17.9 Å². The molecular weight excluding hydrogens is 444 g/mol. The molecule has 1 N–H and O–H groups in total. The van der Waals surface area contributed by atoms with E-state index in [-0.39, 0.29) is 12.5 Å². The van der Waals surface area contributed by atoms with Gasteiger partial charge in [-0.05, 0) is 42.1 Å². The Morgan fingerprint density at radius 1 is 1.19 bits per heavy atom. The van der Waals surface area contributed by atoms with Crippen molar-refractivity contribution in [3.05, 3.63) is 82.7 Å². The van der Waals surface area contributed by atoms with E-state index in [1.54, 1.807) is 39.3 Å². The lowest BCUT2D eigenvalue weighted by Crippen LogP contribution is -2.19. The van der Waals surface area contributed by atoms with Gasteiger partial charge in [0.25, 0.3) is 0 Å². The zero-order chi connectivity index (χ0) is 22.1. The fourth-order valence-corrected chi connectivity index (χ4v) is 4.59. The summed E-state index contributed by atoms with van der Waals surface area (Å²) in [7, 11) is 0. The fraction of sp³-hybridized carbons (Fsp3) is 0.130. The zero-order valence-electron chi connectivity index (χ0n) is 17.2. The van der Waals surface area contributed by atoms with Crippen molar-refractivity contribution in [2.45, 2.75) is 20.0 Å². The molecule has 4 heterocycles. The summed E-state index contributed by atoms with van der Waals surface area (Å²) in [5.41, 5.74) is 4.42. The number of hydrogen-bond donors (Lipinski definition) is 1. The maximum Gasteiger partial charge on any atom is 0.246 e. The molecule has 0 spiro atoms. The van der Waals surface area contributed by atoms with E-state index >= 15 is 0 Å². The van der Waals surface area contributed by atoms with Crippen LogP contribution in [-0.4, -0.2) is 30.5 Å². The lowest BCUT2D eigenvalue weighted by Gasteiger charge is -2.08. The van der Waals surface area contributed by atoms with Crippen molar-refractivity contribution in [2.24, 2.45) is 0 Å². The van der Waals surface area contributed by atoms with Crippen molar-refractivity contribution >= 4 is 45.6 Å². The summed E-state index contributed by atoms with van der Waals surface area (Å²) in [6, 6.07) is 13.7. The molecule has 4 aromatic heterocycles. The summed E-state index contributed by atoms with van der Waals surface area (Å²) in [6.45, 7) is 2.64. The molecule has 0 radical (unpaired) electrons. The number of nitrogens with one attached hydrogen (secondary N) is 1. The molecule has 7 nitrogen and oxygen atoms in total. The first-order chi connectivity index (χ1) is 15.6. The number of halogens is 1. The number of carbonyl (C=O) groups is 1. The highest BCUT2D eigenvalue weighted by molar-refractivity contribution is 7.13. The van der Waals surface area contributed by atoms with E-state index in [0.717, 1.165) is 32.8 Å². The van der Waals surface area contributed by atoms with Crippen LogP contribution in [0.25, 0.3) is 21.5 Å². The number of hydrogen-bond acceptors (Lipinski definition) is 5. The summed E-state index contributed by atoms with van der Waals surface area (Å²) in [4.78, 5) is 18.3. The van der Waals surface area contributed by atoms with Crippen LogP contribution >= 0.6 is 22.9 Å². The highest BCUT2D eigenvalue weighted by Gasteiger charge is 2.16. The Morgan fingerprint density at radius 2 is 2.03 bits per heavy atom. The largest absolute Gasteiger partial charge is 0.324 e. The number of fused-ring (bicyclic) bond motifs is 1. The molecule has 0 aliphatic rings. The second-order valence-electron chi connectivity index (χ2n) is 7.38. The average Bonchev–Trinajstić information content (AvgIpc) is 3.52. The molecule has 0 saturated carbocycles. The third kappa shape index (κ3) is 4.15. The number of amides is 1. The first kappa shape index (κ1) is 20.4. The predicted octanol–water partition coefficient (Wildman–Crippen LogP) is 5.01. The van der Waals surface area contributed by atoms with Crippen LogP contribution in [0.1, 0.15) is 11.3 Å². The van der Waals surface area contributed by atoms with E-state index in [2.05, 4.69) is 26.6 Å². The Hall–Kier alpha value is -3.49. The second kappa shape index (κ2) is 8.57. The summed E-state index contributed by atoms with van der Waals surface area (Å²) < 4.78 is 3.42. The van der Waals surface area contributed by atoms with Crippen LogP contribution in [0.5, 0.6) is 0 Å². The number of aryl methyl sites for hydroxylation is 1. The topological polar surface area (TPSA) is 77.6 Å². The third-order valence-electron chi connectivity index (χ3n) is 5.07. The summed E-state index contributed by atoms with van der Waals surface area (Å²) in [5, 5.41) is 15.3. The van der Waals surface area contributed by atoms with Crippen molar-refractivity contribution in [3.8, 4) is 10.4 Å². The van der Waals surface area contributed by atoms with Gasteiger partial charge in [0.1, 0.15) is 6.54 Å². The maximum atomic E-state index is 12.7. The number of thiophene rings is 1. The number of aromatic nitrogens is 5. The zero-order valence-corrected chi connectivity index (χ0v) is 18.8. The molecule has 1 aromatic carbocycles. The fourth-order valence-electron chi connectivity index (χ4n) is 3.67. The normalized spacial score (nSPS) is 11.2. The number of pyridine rings is 1. The molecule has 5 aromatic rings. The summed E-state index contributed by atoms with van der Waals surface area (Å²) >= 11 is 7.58. The van der Waals surface area contributed by atoms with Gasteiger partial charge >= 0.3 is 0 Å². The number of nitrogens with zero attached hydrogens (tertiary/aromatic N) is 5. The van der Waals surface area contributed by atoms with Crippen molar-refractivity contribution < 1.29 is 4.79 Å². The van der Waals surface area contributed by atoms with Crippen molar-refractivity contribution in [1.29, 1.82) is 0 Å². The van der Waals surface area contributed by atoms with Gasteiger partial charge in [0.2, 0.25) is 5.91 Å². The number of carbonyl (C=O) groups excluding carboxylic acids is 1. The standard InChI is InChI=1S/C23H19ClN6OS/c1-15-22-19(20-3-2-10-32-20)8-9-25-23(22)30(28-15)14-21(31)27-18-6-4-16(5-7-18)12-29-13-17(24)11-26-29/h2-11,13H,12,14H2,1H3,(H,27,31). The Labute approximate surface area is 193 Å². The molecule has 0 aliphatic heterocycles. The number of benzene rings is 1. The first-order valence-corrected chi connectivity index (χ1v) is 11.3. The number of rotatable bonds is 6. The van der Waals surface area contributed by atoms with E-state index in [0.29, 0.717) is 17.2 Å². The van der Waals surface area contributed by atoms with Gasteiger partial charge in [0, 0.05) is 28.5 Å². The van der Waals surface area contributed by atoms with Crippen LogP contribution in [0.4, 0.5) is 5.69 Å². The summed E-state index contributed by atoms with van der Waals surface area (Å²) in [5.74, 6) is -0.163. The van der Waals surface area contributed by atoms with Crippen LogP contribution in [0, 0.1) is 6.92 Å². The van der Waals surface area contributed by atoms with Gasteiger partial charge in [0.05, 0.1) is 28.8 Å². The highest BCUT2D eigenvalue weighted by atomic mass is 35.5. The molecule has 0 saturated heterocycles. The minimum absolute atomic E-state index is 0.0821. The molecule has 9 heteroatoms. The average molecular weight is 463 g/mol. The van der Waals surface area contributed by atoms with Gasteiger partial charge in [0.15, 0.2) is 5.65 Å². The molecule has 0 atom stereocenters. The SMILES string of the molecule is Cc1nn(CC(=O)Nc2ccc(Cn3cc(Cl)cn3)cc2)c2nccc(-c3cccs3)c12. The van der Waals surface area contributed by atoms with Crippen molar-refractivity contribution in [3.63, 3.8) is 0 Å². The Balaban J connectivity index is 1.31. The quantitative estimate of drug-likeness (QED) is 0.385. The first-order valence-electron chi connectivity index (χ1n) is 9.99. The summed E-state index contributed by atoms with van der Waals surface area (Å²) in [6.07, 6.45) is 5.14. The maximum absolute atomic E-state index is 12.7. The molecular formula is C23H19ClN6OS. The van der Waals surface area contributed by atoms with E-state index in [9.17, 15) is 4.79 Å². The van der Waals surface area contributed by atoms with Crippen LogP contribution in [0.15, 0.2) is 66.4 Å². The van der Waals surface area contributed by atoms with Gasteiger partial charge < -0.3 is 5.32 Å². The smallest absolute Gasteiger partial charge is 0.246 e. The van der Waals surface area contributed by atoms with E-state index < -0.39 is 0 Å². The van der Waals surface area contributed by atoms with Crippen molar-refractivity contribution in [2.75, 3.05) is 5.32 Å². The molecule has 160 valence electrons. The minimum atomic E-state index is -0.163. The molecule has 0 aliphatic carbocycles. The van der Waals surface area contributed by atoms with Gasteiger partial charge in [-0.25, -0.2) is 9.67 Å². The van der Waals surface area contributed by atoms with Gasteiger partial charge in [-0.3, -0.25) is 9.48 Å².